The second-order valence-electron chi connectivity index (χ2n) is 3.78. The van der Waals surface area contributed by atoms with Crippen LogP contribution in [0.4, 0.5) is 0 Å². The van der Waals surface area contributed by atoms with E-state index in [9.17, 15) is 0 Å². The minimum absolute atomic E-state index is 0.356. The Morgan fingerprint density at radius 2 is 2.47 bits per heavy atom. The van der Waals surface area contributed by atoms with E-state index >= 15 is 0 Å². The Morgan fingerprint density at radius 1 is 1.67 bits per heavy atom. The van der Waals surface area contributed by atoms with Crippen molar-refractivity contribution in [2.45, 2.75) is 12.5 Å². The molecule has 15 heavy (non-hydrogen) atoms. The zero-order valence-electron chi connectivity index (χ0n) is 8.90. The van der Waals surface area contributed by atoms with Crippen LogP contribution in [0.3, 0.4) is 0 Å². The molecule has 0 spiro atoms. The van der Waals surface area contributed by atoms with Gasteiger partial charge in [-0.1, -0.05) is 5.21 Å². The number of aryl methyl sites for hydroxylation is 1. The van der Waals surface area contributed by atoms with Gasteiger partial charge in [-0.05, 0) is 46.8 Å². The van der Waals surface area contributed by atoms with E-state index in [1.807, 2.05) is 30.5 Å². The highest BCUT2D eigenvalue weighted by atomic mass is 79.9. The molecule has 4 nitrogen and oxygen atoms in total. The summed E-state index contributed by atoms with van der Waals surface area (Å²) in [6.45, 7) is 0. The number of thioether (sulfide) groups is 1. The largest absolute Gasteiger partial charge is 0.311 e. The fraction of sp³-hybridized carbons (Fsp3) is 0.778. The zero-order valence-corrected chi connectivity index (χ0v) is 11.3. The van der Waals surface area contributed by atoms with Crippen LogP contribution in [0.15, 0.2) is 4.60 Å². The maximum Gasteiger partial charge on any atom is 0.153 e. The van der Waals surface area contributed by atoms with E-state index in [1.54, 1.807) is 0 Å². The molecule has 1 aromatic rings. The predicted molar refractivity (Wildman–Crippen MR) is 65.9 cm³/mol. The van der Waals surface area contributed by atoms with Gasteiger partial charge in [-0.3, -0.25) is 0 Å². The second-order valence-corrected chi connectivity index (χ2v) is 5.68. The van der Waals surface area contributed by atoms with Crippen molar-refractivity contribution in [2.24, 2.45) is 13.0 Å². The molecule has 2 unspecified atom stereocenters. The number of hydrogen-bond donors (Lipinski definition) is 1. The number of rotatable bonds is 3. The SMILES string of the molecule is CNC(c1c(Br)nnn1C)C1CCSC1. The number of aromatic nitrogens is 3. The molecule has 1 saturated heterocycles. The molecule has 0 aliphatic carbocycles. The van der Waals surface area contributed by atoms with Gasteiger partial charge < -0.3 is 5.32 Å². The van der Waals surface area contributed by atoms with Gasteiger partial charge >= 0.3 is 0 Å². The minimum atomic E-state index is 0.356. The first-order valence-corrected chi connectivity index (χ1v) is 6.99. The summed E-state index contributed by atoms with van der Waals surface area (Å²) in [7, 11) is 3.95. The molecule has 2 atom stereocenters. The topological polar surface area (TPSA) is 42.7 Å². The van der Waals surface area contributed by atoms with Gasteiger partial charge in [-0.25, -0.2) is 4.68 Å². The molecule has 84 valence electrons. The fourth-order valence-corrected chi connectivity index (χ4v) is 3.95. The van der Waals surface area contributed by atoms with Gasteiger partial charge in [0.2, 0.25) is 0 Å². The lowest BCUT2D eigenvalue weighted by Crippen LogP contribution is -2.27. The summed E-state index contributed by atoms with van der Waals surface area (Å²) < 4.78 is 2.72. The van der Waals surface area contributed by atoms with Crippen molar-refractivity contribution in [3.05, 3.63) is 10.3 Å². The van der Waals surface area contributed by atoms with Crippen LogP contribution in [0.5, 0.6) is 0 Å². The highest BCUT2D eigenvalue weighted by molar-refractivity contribution is 9.10. The van der Waals surface area contributed by atoms with E-state index in [2.05, 4.69) is 31.6 Å². The second kappa shape index (κ2) is 4.84. The molecular formula is C9H15BrN4S. The Labute approximate surface area is 102 Å². The van der Waals surface area contributed by atoms with Crippen LogP contribution in [0.1, 0.15) is 18.2 Å². The van der Waals surface area contributed by atoms with Gasteiger partial charge in [0.15, 0.2) is 4.60 Å². The smallest absolute Gasteiger partial charge is 0.153 e. The summed E-state index contributed by atoms with van der Waals surface area (Å²) >= 11 is 5.49. The summed E-state index contributed by atoms with van der Waals surface area (Å²) in [5, 5.41) is 11.5. The van der Waals surface area contributed by atoms with Crippen LogP contribution < -0.4 is 5.32 Å². The zero-order chi connectivity index (χ0) is 10.8. The Bertz CT molecular complexity index is 315. The summed E-state index contributed by atoms with van der Waals surface area (Å²) in [5.74, 6) is 3.18. The van der Waals surface area contributed by atoms with Crippen LogP contribution in [0, 0.1) is 5.92 Å². The van der Waals surface area contributed by atoms with E-state index < -0.39 is 0 Å². The van der Waals surface area contributed by atoms with E-state index in [4.69, 9.17) is 0 Å². The van der Waals surface area contributed by atoms with Gasteiger partial charge in [0.1, 0.15) is 0 Å². The quantitative estimate of drug-likeness (QED) is 0.918. The number of nitrogens with one attached hydrogen (secondary N) is 1. The average Bonchev–Trinajstić information content (AvgIpc) is 2.83. The van der Waals surface area contributed by atoms with Crippen molar-refractivity contribution in [2.75, 3.05) is 18.6 Å². The third-order valence-electron chi connectivity index (χ3n) is 2.87. The average molecular weight is 291 g/mol. The molecule has 0 saturated carbocycles. The number of halogens is 1. The first kappa shape index (κ1) is 11.4. The van der Waals surface area contributed by atoms with E-state index in [1.165, 1.54) is 17.9 Å². The van der Waals surface area contributed by atoms with E-state index in [0.717, 1.165) is 10.3 Å². The van der Waals surface area contributed by atoms with Crippen LogP contribution in [0.2, 0.25) is 0 Å². The van der Waals surface area contributed by atoms with Crippen molar-refractivity contribution in [1.29, 1.82) is 0 Å². The normalized spacial score (nSPS) is 23.3. The van der Waals surface area contributed by atoms with Gasteiger partial charge in [0, 0.05) is 7.05 Å². The molecule has 0 aromatic carbocycles. The van der Waals surface area contributed by atoms with Crippen molar-refractivity contribution in [3.8, 4) is 0 Å². The Balaban J connectivity index is 2.25. The van der Waals surface area contributed by atoms with Crippen LogP contribution in [0.25, 0.3) is 0 Å². The van der Waals surface area contributed by atoms with Crippen LogP contribution >= 0.6 is 27.7 Å². The molecule has 0 amide bonds. The number of nitrogens with zero attached hydrogens (tertiary/aromatic N) is 3. The van der Waals surface area contributed by atoms with Gasteiger partial charge in [-0.2, -0.15) is 11.8 Å². The van der Waals surface area contributed by atoms with Crippen LogP contribution in [-0.2, 0) is 7.05 Å². The first-order valence-electron chi connectivity index (χ1n) is 5.04. The lowest BCUT2D eigenvalue weighted by Gasteiger charge is -2.22. The van der Waals surface area contributed by atoms with Crippen molar-refractivity contribution >= 4 is 27.7 Å². The fourth-order valence-electron chi connectivity index (χ4n) is 2.08. The standard InChI is InChI=1S/C9H15BrN4S/c1-11-7(6-3-4-15-5-6)8-9(10)12-13-14(8)2/h6-7,11H,3-5H2,1-2H3. The molecule has 2 heterocycles. The molecule has 0 bridgehead atoms. The minimum Gasteiger partial charge on any atom is -0.311 e. The lowest BCUT2D eigenvalue weighted by atomic mass is 9.97. The molecule has 1 aliphatic rings. The molecule has 1 aliphatic heterocycles. The maximum absolute atomic E-state index is 4.04. The Hall–Kier alpha value is -0.0700. The summed E-state index contributed by atoms with van der Waals surface area (Å²) in [6, 6.07) is 0.356. The van der Waals surface area contributed by atoms with Gasteiger partial charge in [0.05, 0.1) is 11.7 Å². The molecule has 0 radical (unpaired) electrons. The lowest BCUT2D eigenvalue weighted by molar-refractivity contribution is 0.396. The first-order chi connectivity index (χ1) is 7.24. The molecule has 2 rings (SSSR count). The molecule has 1 aromatic heterocycles. The summed E-state index contributed by atoms with van der Waals surface area (Å²) in [6.07, 6.45) is 1.27. The van der Waals surface area contributed by atoms with Gasteiger partial charge in [-0.15, -0.1) is 5.10 Å². The third-order valence-corrected chi connectivity index (χ3v) is 4.62. The van der Waals surface area contributed by atoms with Crippen molar-refractivity contribution in [1.82, 2.24) is 20.3 Å². The molecule has 1 N–H and O–H groups in total. The number of hydrogen-bond acceptors (Lipinski definition) is 4. The Kier molecular flexibility index (Phi) is 3.69. The summed E-state index contributed by atoms with van der Waals surface area (Å²) in [5.41, 5.74) is 1.16. The molecule has 1 fully saturated rings. The van der Waals surface area contributed by atoms with E-state index in [-0.39, 0.29) is 0 Å². The highest BCUT2D eigenvalue weighted by Gasteiger charge is 2.29. The summed E-state index contributed by atoms with van der Waals surface area (Å²) in [4.78, 5) is 0. The highest BCUT2D eigenvalue weighted by Crippen LogP contribution is 2.35. The maximum atomic E-state index is 4.04. The molecule has 6 heteroatoms. The Morgan fingerprint density at radius 3 is 2.93 bits per heavy atom. The van der Waals surface area contributed by atoms with E-state index in [0.29, 0.717) is 12.0 Å². The predicted octanol–water partition coefficient (Wildman–Crippen LogP) is 1.59. The van der Waals surface area contributed by atoms with Crippen molar-refractivity contribution < 1.29 is 0 Å². The van der Waals surface area contributed by atoms with Crippen LogP contribution in [-0.4, -0.2) is 33.5 Å². The third kappa shape index (κ3) is 2.21. The monoisotopic (exact) mass is 290 g/mol. The van der Waals surface area contributed by atoms with Gasteiger partial charge in [0.25, 0.3) is 0 Å². The van der Waals surface area contributed by atoms with Crippen molar-refractivity contribution in [3.63, 3.8) is 0 Å². The molecular weight excluding hydrogens is 276 g/mol.